The number of aliphatic hydroxyl groups excluding tert-OH is 1. The number of para-hydroxylation sites is 1. The molecular formula is C27H32N2O5. The molecule has 7 nitrogen and oxygen atoms in total. The molecule has 0 saturated carbocycles. The molecule has 180 valence electrons. The van der Waals surface area contributed by atoms with Crippen LogP contribution in [0, 0.1) is 0 Å². The number of hydrogen-bond acceptors (Lipinski definition) is 6. The Morgan fingerprint density at radius 3 is 2.53 bits per heavy atom. The van der Waals surface area contributed by atoms with Gasteiger partial charge >= 0.3 is 0 Å². The van der Waals surface area contributed by atoms with Crippen molar-refractivity contribution in [3.05, 3.63) is 89.5 Å². The maximum absolute atomic E-state index is 11.4. The third-order valence-electron chi connectivity index (χ3n) is 5.57. The van der Waals surface area contributed by atoms with Gasteiger partial charge in [0, 0.05) is 19.6 Å². The van der Waals surface area contributed by atoms with Gasteiger partial charge in [-0.25, -0.2) is 0 Å². The van der Waals surface area contributed by atoms with Gasteiger partial charge in [0.2, 0.25) is 0 Å². The summed E-state index contributed by atoms with van der Waals surface area (Å²) in [6.45, 7) is 2.05. The van der Waals surface area contributed by atoms with Gasteiger partial charge in [-0.1, -0.05) is 48.5 Å². The minimum atomic E-state index is -0.716. The highest BCUT2D eigenvalue weighted by atomic mass is 16.5. The van der Waals surface area contributed by atoms with Crippen molar-refractivity contribution in [1.29, 1.82) is 0 Å². The van der Waals surface area contributed by atoms with Crippen LogP contribution < -0.4 is 15.2 Å². The number of amides is 1. The Hall–Kier alpha value is -3.55. The lowest BCUT2D eigenvalue weighted by atomic mass is 10.1. The van der Waals surface area contributed by atoms with Gasteiger partial charge < -0.3 is 25.4 Å². The van der Waals surface area contributed by atoms with Crippen LogP contribution in [0.25, 0.3) is 0 Å². The van der Waals surface area contributed by atoms with Crippen molar-refractivity contribution >= 4 is 5.91 Å². The number of aromatic hydroxyl groups is 1. The summed E-state index contributed by atoms with van der Waals surface area (Å²) in [4.78, 5) is 13.6. The fourth-order valence-electron chi connectivity index (χ4n) is 3.79. The van der Waals surface area contributed by atoms with Gasteiger partial charge in [0.1, 0.15) is 23.9 Å². The largest absolute Gasteiger partial charge is 0.507 e. The highest BCUT2D eigenvalue weighted by Crippen LogP contribution is 2.23. The standard InChI is InChI=1S/C27H32N2O5/c1-33-26-10-6-5-9-21(26)11-12-22(30)19-29(18-20-7-3-2-4-8-20)15-16-34-23-13-14-25(31)24(17-23)27(28)32/h2-10,13-14,17,22,30-31H,11-12,15-16,18-19H2,1H3,(H2,28,32). The predicted molar refractivity (Wildman–Crippen MR) is 131 cm³/mol. The van der Waals surface area contributed by atoms with Crippen LogP contribution in [0.2, 0.25) is 0 Å². The van der Waals surface area contributed by atoms with Gasteiger partial charge in [0.25, 0.3) is 5.91 Å². The van der Waals surface area contributed by atoms with Crippen LogP contribution >= 0.6 is 0 Å². The van der Waals surface area contributed by atoms with Gasteiger partial charge in [-0.2, -0.15) is 0 Å². The Labute approximate surface area is 200 Å². The van der Waals surface area contributed by atoms with Gasteiger partial charge in [-0.3, -0.25) is 9.69 Å². The second-order valence-corrected chi connectivity index (χ2v) is 8.12. The van der Waals surface area contributed by atoms with Gasteiger partial charge in [-0.15, -0.1) is 0 Å². The van der Waals surface area contributed by atoms with E-state index in [0.717, 1.165) is 16.9 Å². The molecule has 1 atom stereocenters. The summed E-state index contributed by atoms with van der Waals surface area (Å²) in [6, 6.07) is 22.3. The van der Waals surface area contributed by atoms with E-state index in [-0.39, 0.29) is 11.3 Å². The lowest BCUT2D eigenvalue weighted by Gasteiger charge is -2.25. The molecule has 0 heterocycles. The second kappa shape index (κ2) is 12.6. The van der Waals surface area contributed by atoms with E-state index in [1.54, 1.807) is 13.2 Å². The number of nitrogens with two attached hydrogens (primary N) is 1. The van der Waals surface area contributed by atoms with E-state index in [0.29, 0.717) is 44.8 Å². The molecular weight excluding hydrogens is 432 g/mol. The number of carbonyl (C=O) groups excluding carboxylic acids is 1. The highest BCUT2D eigenvalue weighted by molar-refractivity contribution is 5.95. The van der Waals surface area contributed by atoms with Crippen molar-refractivity contribution in [1.82, 2.24) is 4.90 Å². The zero-order valence-corrected chi connectivity index (χ0v) is 19.4. The first-order valence-corrected chi connectivity index (χ1v) is 11.3. The molecule has 0 aromatic heterocycles. The number of rotatable bonds is 13. The summed E-state index contributed by atoms with van der Waals surface area (Å²) in [6.07, 6.45) is 0.792. The molecule has 4 N–H and O–H groups in total. The number of carbonyl (C=O) groups is 1. The molecule has 1 amide bonds. The predicted octanol–water partition coefficient (Wildman–Crippen LogP) is 3.37. The van der Waals surface area contributed by atoms with E-state index in [9.17, 15) is 15.0 Å². The molecule has 34 heavy (non-hydrogen) atoms. The van der Waals surface area contributed by atoms with Crippen molar-refractivity contribution < 1.29 is 24.5 Å². The van der Waals surface area contributed by atoms with Crippen molar-refractivity contribution in [2.75, 3.05) is 26.8 Å². The Balaban J connectivity index is 1.59. The van der Waals surface area contributed by atoms with Crippen LogP contribution in [0.4, 0.5) is 0 Å². The minimum absolute atomic E-state index is 0.0189. The fourth-order valence-corrected chi connectivity index (χ4v) is 3.79. The summed E-state index contributed by atoms with van der Waals surface area (Å²) in [7, 11) is 1.65. The Morgan fingerprint density at radius 1 is 1.06 bits per heavy atom. The summed E-state index contributed by atoms with van der Waals surface area (Å²) < 4.78 is 11.2. The minimum Gasteiger partial charge on any atom is -0.507 e. The van der Waals surface area contributed by atoms with Crippen molar-refractivity contribution in [2.45, 2.75) is 25.5 Å². The van der Waals surface area contributed by atoms with E-state index in [2.05, 4.69) is 4.90 Å². The molecule has 1 unspecified atom stereocenters. The maximum atomic E-state index is 11.4. The molecule has 0 aliphatic rings. The summed E-state index contributed by atoms with van der Waals surface area (Å²) in [5.74, 6) is 0.381. The number of aliphatic hydroxyl groups is 1. The zero-order valence-electron chi connectivity index (χ0n) is 19.4. The lowest BCUT2D eigenvalue weighted by molar-refractivity contribution is 0.0922. The van der Waals surface area contributed by atoms with E-state index in [1.807, 2.05) is 54.6 Å². The molecule has 0 fully saturated rings. The number of ether oxygens (including phenoxy) is 2. The third-order valence-corrected chi connectivity index (χ3v) is 5.57. The first kappa shape index (κ1) is 25.1. The van der Waals surface area contributed by atoms with Crippen LogP contribution in [0.3, 0.4) is 0 Å². The van der Waals surface area contributed by atoms with Gasteiger partial charge in [0.05, 0.1) is 18.8 Å². The van der Waals surface area contributed by atoms with Crippen LogP contribution in [-0.4, -0.2) is 53.9 Å². The molecule has 0 saturated heterocycles. The number of aryl methyl sites for hydroxylation is 1. The van der Waals surface area contributed by atoms with Gasteiger partial charge in [-0.05, 0) is 48.2 Å². The first-order chi connectivity index (χ1) is 16.5. The molecule has 0 aliphatic carbocycles. The van der Waals surface area contributed by atoms with E-state index >= 15 is 0 Å². The molecule has 0 bridgehead atoms. The average molecular weight is 465 g/mol. The Bertz CT molecular complexity index is 1060. The van der Waals surface area contributed by atoms with E-state index < -0.39 is 12.0 Å². The number of nitrogens with zero attached hydrogens (tertiary/aromatic N) is 1. The maximum Gasteiger partial charge on any atom is 0.252 e. The topological polar surface area (TPSA) is 105 Å². The molecule has 7 heteroatoms. The quantitative estimate of drug-likeness (QED) is 0.358. The second-order valence-electron chi connectivity index (χ2n) is 8.12. The van der Waals surface area contributed by atoms with Crippen LogP contribution in [-0.2, 0) is 13.0 Å². The van der Waals surface area contributed by atoms with Gasteiger partial charge in [0.15, 0.2) is 0 Å². The SMILES string of the molecule is COc1ccccc1CCC(O)CN(CCOc1ccc(O)c(C(N)=O)c1)Cc1ccccc1. The number of phenols is 1. The van der Waals surface area contributed by atoms with E-state index in [4.69, 9.17) is 15.2 Å². The monoisotopic (exact) mass is 464 g/mol. The highest BCUT2D eigenvalue weighted by Gasteiger charge is 2.15. The smallest absolute Gasteiger partial charge is 0.252 e. The number of primary amides is 1. The molecule has 3 aromatic rings. The number of benzene rings is 3. The zero-order chi connectivity index (χ0) is 24.3. The van der Waals surface area contributed by atoms with Crippen molar-refractivity contribution in [2.24, 2.45) is 5.73 Å². The van der Waals surface area contributed by atoms with Crippen LogP contribution in [0.15, 0.2) is 72.8 Å². The molecule has 3 aromatic carbocycles. The molecule has 0 spiro atoms. The lowest BCUT2D eigenvalue weighted by Crippen LogP contribution is -2.35. The summed E-state index contributed by atoms with van der Waals surface area (Å²) in [5, 5.41) is 20.5. The molecule has 0 aliphatic heterocycles. The molecule has 3 rings (SSSR count). The third kappa shape index (κ3) is 7.50. The van der Waals surface area contributed by atoms with E-state index in [1.165, 1.54) is 12.1 Å². The Morgan fingerprint density at radius 2 is 1.79 bits per heavy atom. The normalized spacial score (nSPS) is 11.9. The number of hydrogen-bond donors (Lipinski definition) is 3. The van der Waals surface area contributed by atoms with Crippen molar-refractivity contribution in [3.8, 4) is 17.2 Å². The molecule has 0 radical (unpaired) electrons. The van der Waals surface area contributed by atoms with Crippen LogP contribution in [0.5, 0.6) is 17.2 Å². The average Bonchev–Trinajstić information content (AvgIpc) is 2.84. The summed E-state index contributed by atoms with van der Waals surface area (Å²) in [5.41, 5.74) is 7.52. The Kier molecular flexibility index (Phi) is 9.31. The first-order valence-electron chi connectivity index (χ1n) is 11.3. The fraction of sp³-hybridized carbons (Fsp3) is 0.296. The number of methoxy groups -OCH3 is 1. The van der Waals surface area contributed by atoms with Crippen molar-refractivity contribution in [3.63, 3.8) is 0 Å². The summed E-state index contributed by atoms with van der Waals surface area (Å²) >= 11 is 0. The van der Waals surface area contributed by atoms with Crippen LogP contribution in [0.1, 0.15) is 27.9 Å².